The quantitative estimate of drug-likeness (QED) is 0.192. The number of rotatable bonds is 12. The van der Waals surface area contributed by atoms with Gasteiger partial charge in [-0.25, -0.2) is 18.1 Å². The number of aromatic nitrogens is 1. The molecule has 4 rings (SSSR count). The van der Waals surface area contributed by atoms with Gasteiger partial charge in [0.15, 0.2) is 0 Å². The lowest BCUT2D eigenvalue weighted by Crippen LogP contribution is -2.44. The zero-order valence-corrected chi connectivity index (χ0v) is 27.0. The van der Waals surface area contributed by atoms with Gasteiger partial charge in [-0.3, -0.25) is 0 Å². The van der Waals surface area contributed by atoms with Crippen molar-refractivity contribution in [2.24, 2.45) is 0 Å². The summed E-state index contributed by atoms with van der Waals surface area (Å²) in [5.41, 5.74) is 4.45. The summed E-state index contributed by atoms with van der Waals surface area (Å²) in [5, 5.41) is 10.4. The van der Waals surface area contributed by atoms with Gasteiger partial charge in [-0.1, -0.05) is 30.9 Å². The molecule has 226 valence electrons. The molecule has 0 radical (unpaired) electrons. The minimum atomic E-state index is -3.43. The van der Waals surface area contributed by atoms with Gasteiger partial charge < -0.3 is 14.5 Å². The first kappa shape index (κ1) is 32.1. The predicted molar refractivity (Wildman–Crippen MR) is 171 cm³/mol. The van der Waals surface area contributed by atoms with Crippen LogP contribution < -0.4 is 4.72 Å². The second-order valence-electron chi connectivity index (χ2n) is 11.5. The summed E-state index contributed by atoms with van der Waals surface area (Å²) in [5.74, 6) is 0.674. The van der Waals surface area contributed by atoms with Crippen LogP contribution in [0.3, 0.4) is 0 Å². The first-order valence-electron chi connectivity index (χ1n) is 14.6. The molecular weight excluding hydrogens is 567 g/mol. The lowest BCUT2D eigenvalue weighted by atomic mass is 10.0. The smallest absolute Gasteiger partial charge is 0.213 e. The Morgan fingerprint density at radius 2 is 2.05 bits per heavy atom. The Morgan fingerprint density at radius 1 is 1.31 bits per heavy atom. The van der Waals surface area contributed by atoms with E-state index < -0.39 is 10.0 Å². The molecule has 1 fully saturated rings. The van der Waals surface area contributed by atoms with Crippen LogP contribution in [-0.4, -0.2) is 74.8 Å². The van der Waals surface area contributed by atoms with E-state index in [2.05, 4.69) is 52.3 Å². The summed E-state index contributed by atoms with van der Waals surface area (Å²) in [6.45, 7) is 12.0. The number of fused-ring (bicyclic) bond motifs is 1. The van der Waals surface area contributed by atoms with Crippen molar-refractivity contribution in [3.8, 4) is 16.5 Å². The Kier molecular flexibility index (Phi) is 10.8. The number of piperidine rings is 1. The number of hydrogen-bond acceptors (Lipinski definition) is 8. The highest BCUT2D eigenvalue weighted by molar-refractivity contribution is 7.89. The minimum Gasteiger partial charge on any atom is -0.494 e. The predicted octanol–water partition coefficient (Wildman–Crippen LogP) is 5.53. The number of ether oxygens (including phenoxy) is 1. The molecule has 1 saturated heterocycles. The first-order chi connectivity index (χ1) is 20.0. The maximum atomic E-state index is 13.1. The molecule has 1 aromatic carbocycles. The maximum absolute atomic E-state index is 13.1. The topological polar surface area (TPSA) is 98.6 Å². The lowest BCUT2D eigenvalue weighted by Gasteiger charge is -2.35. The summed E-state index contributed by atoms with van der Waals surface area (Å²) in [6, 6.07) is 8.66. The van der Waals surface area contributed by atoms with E-state index in [-0.39, 0.29) is 17.9 Å². The van der Waals surface area contributed by atoms with E-state index in [1.807, 2.05) is 32.2 Å². The van der Waals surface area contributed by atoms with E-state index in [4.69, 9.17) is 4.74 Å². The van der Waals surface area contributed by atoms with Gasteiger partial charge in [-0.05, 0) is 96.4 Å². The van der Waals surface area contributed by atoms with E-state index in [0.717, 1.165) is 70.9 Å². The van der Waals surface area contributed by atoms with Crippen molar-refractivity contribution < 1.29 is 13.2 Å². The Labute approximate surface area is 255 Å². The maximum Gasteiger partial charge on any atom is 0.213 e. The fourth-order valence-corrected chi connectivity index (χ4v) is 7.99. The van der Waals surface area contributed by atoms with Crippen molar-refractivity contribution in [2.75, 3.05) is 39.5 Å². The molecule has 2 aliphatic rings. The van der Waals surface area contributed by atoms with Gasteiger partial charge in [-0.15, -0.1) is 11.3 Å². The van der Waals surface area contributed by atoms with Crippen LogP contribution in [0.1, 0.15) is 62.2 Å². The molecule has 0 amide bonds. The number of likely N-dealkylation sites (tertiary alicyclic amines) is 1. The van der Waals surface area contributed by atoms with Gasteiger partial charge in [0.2, 0.25) is 10.0 Å². The van der Waals surface area contributed by atoms with E-state index >= 15 is 0 Å². The van der Waals surface area contributed by atoms with Gasteiger partial charge >= 0.3 is 0 Å². The van der Waals surface area contributed by atoms with Crippen LogP contribution in [0.5, 0.6) is 0 Å². The van der Waals surface area contributed by atoms with Crippen LogP contribution in [-0.2, 0) is 21.2 Å². The number of nitrogens with one attached hydrogen (secondary N) is 1. The van der Waals surface area contributed by atoms with Gasteiger partial charge in [0.1, 0.15) is 16.8 Å². The SMILES string of the molecule is C=C/C(=C\C(C#N)=C(/C)OC(C)C)c1ncc(-c2cccc3c2CCC3NS(=O)(=O)CCN2CCC(N(C)C)CC2)s1. The summed E-state index contributed by atoms with van der Waals surface area (Å²) < 4.78 is 34.9. The monoisotopic (exact) mass is 609 g/mol. The molecule has 0 saturated carbocycles. The van der Waals surface area contributed by atoms with Crippen LogP contribution in [0.25, 0.3) is 16.0 Å². The number of sulfonamides is 1. The summed E-state index contributed by atoms with van der Waals surface area (Å²) in [7, 11) is 0.794. The van der Waals surface area contributed by atoms with Crippen LogP contribution in [0.15, 0.2) is 54.5 Å². The third-order valence-corrected chi connectivity index (χ3v) is 10.4. The largest absolute Gasteiger partial charge is 0.494 e. The normalized spacial score (nSPS) is 19.1. The second kappa shape index (κ2) is 14.1. The fraction of sp³-hybridized carbons (Fsp3) is 0.500. The molecule has 1 aliphatic carbocycles. The third kappa shape index (κ3) is 7.97. The molecule has 1 N–H and O–H groups in total. The second-order valence-corrected chi connectivity index (χ2v) is 14.4. The molecule has 0 bridgehead atoms. The van der Waals surface area contributed by atoms with E-state index in [9.17, 15) is 13.7 Å². The zero-order valence-electron chi connectivity index (χ0n) is 25.4. The zero-order chi connectivity index (χ0) is 30.4. The number of hydrogen-bond donors (Lipinski definition) is 1. The van der Waals surface area contributed by atoms with Crippen molar-refractivity contribution in [1.82, 2.24) is 19.5 Å². The number of benzene rings is 1. The molecular formula is C32H43N5O3S2. The standard InChI is InChI=1S/C32H43N5O3S2/c1-7-24(19-25(20-33)23(4)40-22(2)3)32-34-21-31(41-32)29-10-8-9-28-27(29)11-12-30(28)35-42(38,39)18-17-37-15-13-26(14-16-37)36(5)6/h7-10,19,21-22,26,30,35H,1,11-18H2,2-6H3/b24-19+,25-23-. The van der Waals surface area contributed by atoms with Crippen molar-refractivity contribution in [3.63, 3.8) is 0 Å². The summed E-state index contributed by atoms with van der Waals surface area (Å²) in [4.78, 5) is 10.2. The van der Waals surface area contributed by atoms with Crippen LogP contribution >= 0.6 is 11.3 Å². The van der Waals surface area contributed by atoms with E-state index in [0.29, 0.717) is 23.9 Å². The number of nitriles is 1. The highest BCUT2D eigenvalue weighted by Gasteiger charge is 2.29. The Balaban J connectivity index is 1.46. The van der Waals surface area contributed by atoms with Crippen molar-refractivity contribution in [2.45, 2.75) is 64.6 Å². The lowest BCUT2D eigenvalue weighted by molar-refractivity contribution is 0.148. The molecule has 2 heterocycles. The molecule has 1 aliphatic heterocycles. The Morgan fingerprint density at radius 3 is 2.69 bits per heavy atom. The molecule has 42 heavy (non-hydrogen) atoms. The summed E-state index contributed by atoms with van der Waals surface area (Å²) in [6.07, 6.45) is 8.95. The van der Waals surface area contributed by atoms with Crippen LogP contribution in [0.2, 0.25) is 0 Å². The van der Waals surface area contributed by atoms with Gasteiger partial charge in [0.25, 0.3) is 0 Å². The molecule has 2 aromatic rings. The third-order valence-electron chi connectivity index (χ3n) is 8.01. The molecule has 1 atom stereocenters. The molecule has 1 unspecified atom stereocenters. The molecule has 1 aromatic heterocycles. The number of nitrogens with zero attached hydrogens (tertiary/aromatic N) is 4. The average Bonchev–Trinajstić information content (AvgIpc) is 3.60. The van der Waals surface area contributed by atoms with Gasteiger partial charge in [0, 0.05) is 30.4 Å². The van der Waals surface area contributed by atoms with Crippen molar-refractivity contribution in [3.05, 3.63) is 70.6 Å². The highest BCUT2D eigenvalue weighted by atomic mass is 32.2. The number of thiazole rings is 1. The van der Waals surface area contributed by atoms with Crippen LogP contribution in [0, 0.1) is 11.3 Å². The average molecular weight is 610 g/mol. The fourth-order valence-electron chi connectivity index (χ4n) is 5.72. The minimum absolute atomic E-state index is 0.0280. The molecule has 8 nitrogen and oxygen atoms in total. The van der Waals surface area contributed by atoms with E-state index in [1.54, 1.807) is 19.1 Å². The Hall–Kier alpha value is -2.81. The molecule has 0 spiro atoms. The van der Waals surface area contributed by atoms with Crippen molar-refractivity contribution >= 4 is 26.9 Å². The van der Waals surface area contributed by atoms with Crippen molar-refractivity contribution in [1.29, 1.82) is 5.26 Å². The van der Waals surface area contributed by atoms with Gasteiger partial charge in [-0.2, -0.15) is 5.26 Å². The summed E-state index contributed by atoms with van der Waals surface area (Å²) >= 11 is 1.53. The molecule has 10 heteroatoms. The van der Waals surface area contributed by atoms with E-state index in [1.165, 1.54) is 11.3 Å². The first-order valence-corrected chi connectivity index (χ1v) is 17.1. The van der Waals surface area contributed by atoms with Crippen LogP contribution in [0.4, 0.5) is 0 Å². The number of allylic oxidation sites excluding steroid dienone is 5. The van der Waals surface area contributed by atoms with Gasteiger partial charge in [0.05, 0.1) is 22.3 Å². The Bertz CT molecular complexity index is 1480. The highest BCUT2D eigenvalue weighted by Crippen LogP contribution is 2.40.